The van der Waals surface area contributed by atoms with Crippen molar-refractivity contribution in [3.63, 3.8) is 0 Å². The Hall–Kier alpha value is -2.93. The molecule has 1 fully saturated rings. The van der Waals surface area contributed by atoms with Crippen molar-refractivity contribution in [1.29, 1.82) is 0 Å². The van der Waals surface area contributed by atoms with Crippen molar-refractivity contribution in [2.75, 3.05) is 38.6 Å². The molecule has 2 aromatic rings. The van der Waals surface area contributed by atoms with Crippen LogP contribution in [-0.2, 0) is 4.79 Å². The molecule has 2 aliphatic rings. The molecule has 0 amide bonds. The molecule has 0 bridgehead atoms. The number of hydrogen-bond donors (Lipinski definition) is 1. The van der Waals surface area contributed by atoms with Gasteiger partial charge in [-0.05, 0) is 35.4 Å². The third kappa shape index (κ3) is 3.77. The van der Waals surface area contributed by atoms with E-state index in [2.05, 4.69) is 0 Å². The Balaban J connectivity index is 1.75. The second-order valence-corrected chi connectivity index (χ2v) is 8.07. The molecule has 4 rings (SSSR count). The number of hydrogen-bond acceptors (Lipinski definition) is 4. The first-order valence-corrected chi connectivity index (χ1v) is 9.90. The van der Waals surface area contributed by atoms with Crippen LogP contribution in [0.2, 0.25) is 0 Å². The van der Waals surface area contributed by atoms with Gasteiger partial charge in [0.2, 0.25) is 0 Å². The molecule has 158 valence electrons. The summed E-state index contributed by atoms with van der Waals surface area (Å²) in [6, 6.07) is 10.2. The smallest absolute Gasteiger partial charge is 0.317 e. The number of carbonyl (C=O) groups is 1. The van der Waals surface area contributed by atoms with Crippen LogP contribution in [0.3, 0.4) is 0 Å². The van der Waals surface area contributed by atoms with E-state index in [1.807, 2.05) is 35.2 Å². The fraction of sp³-hybridized carbons (Fsp3) is 0.348. The van der Waals surface area contributed by atoms with E-state index >= 15 is 0 Å². The van der Waals surface area contributed by atoms with Gasteiger partial charge < -0.3 is 14.7 Å². The highest BCUT2D eigenvalue weighted by molar-refractivity contribution is 5.85. The molecular weight excluding hydrogens is 390 g/mol. The molecule has 1 spiro atoms. The van der Waals surface area contributed by atoms with Crippen molar-refractivity contribution >= 4 is 17.2 Å². The maximum absolute atomic E-state index is 14.7. The van der Waals surface area contributed by atoms with Crippen LogP contribution < -0.4 is 9.64 Å². The lowest BCUT2D eigenvalue weighted by atomic mass is 9.83. The van der Waals surface area contributed by atoms with Crippen molar-refractivity contribution in [2.45, 2.75) is 18.4 Å². The molecule has 0 radical (unpaired) electrons. The molecule has 0 atom stereocenters. The summed E-state index contributed by atoms with van der Waals surface area (Å²) in [7, 11) is 3.20. The summed E-state index contributed by atoms with van der Waals surface area (Å²) >= 11 is 0. The van der Waals surface area contributed by atoms with Crippen LogP contribution in [0.4, 0.5) is 14.5 Å². The average molecular weight is 414 g/mol. The number of halogens is 2. The molecule has 5 nitrogen and oxygen atoms in total. The van der Waals surface area contributed by atoms with E-state index in [0.717, 1.165) is 11.1 Å². The summed E-state index contributed by atoms with van der Waals surface area (Å²) in [5, 5.41) is 9.04. The minimum atomic E-state index is -0.857. The number of likely N-dealkylation sites (tertiary alicyclic amines) is 1. The van der Waals surface area contributed by atoms with E-state index in [4.69, 9.17) is 9.84 Å². The topological polar surface area (TPSA) is 53.0 Å². The highest BCUT2D eigenvalue weighted by atomic mass is 19.1. The first kappa shape index (κ1) is 20.3. The van der Waals surface area contributed by atoms with Gasteiger partial charge in [-0.2, -0.15) is 0 Å². The SMILES string of the molecule is CN(C)c1c(F)cc(C2=CC3(CCN(CC(=O)O)CC3)Oc3ccccc32)cc1F. The van der Waals surface area contributed by atoms with Gasteiger partial charge in [-0.1, -0.05) is 18.2 Å². The maximum Gasteiger partial charge on any atom is 0.317 e. The van der Waals surface area contributed by atoms with Crippen LogP contribution in [0.1, 0.15) is 24.0 Å². The highest BCUT2D eigenvalue weighted by Gasteiger charge is 2.39. The van der Waals surface area contributed by atoms with Gasteiger partial charge in [0.1, 0.15) is 28.7 Å². The quantitative estimate of drug-likeness (QED) is 0.826. The highest BCUT2D eigenvalue weighted by Crippen LogP contribution is 2.44. The van der Waals surface area contributed by atoms with Gasteiger partial charge in [-0.15, -0.1) is 0 Å². The van der Waals surface area contributed by atoms with Crippen molar-refractivity contribution in [1.82, 2.24) is 4.90 Å². The molecule has 30 heavy (non-hydrogen) atoms. The number of anilines is 1. The molecule has 0 aliphatic carbocycles. The predicted octanol–water partition coefficient (Wildman–Crippen LogP) is 3.77. The Bertz CT molecular complexity index is 988. The van der Waals surface area contributed by atoms with Gasteiger partial charge in [0.05, 0.1) is 6.54 Å². The zero-order valence-corrected chi connectivity index (χ0v) is 17.0. The summed E-state index contributed by atoms with van der Waals surface area (Å²) < 4.78 is 35.7. The van der Waals surface area contributed by atoms with Gasteiger partial charge in [0.25, 0.3) is 0 Å². The van der Waals surface area contributed by atoms with E-state index in [0.29, 0.717) is 37.2 Å². The van der Waals surface area contributed by atoms with E-state index in [-0.39, 0.29) is 12.2 Å². The average Bonchev–Trinajstić information content (AvgIpc) is 2.68. The predicted molar refractivity (Wildman–Crippen MR) is 111 cm³/mol. The Morgan fingerprint density at radius 2 is 1.80 bits per heavy atom. The molecular formula is C23H24F2N2O3. The van der Waals surface area contributed by atoms with E-state index in [9.17, 15) is 13.6 Å². The number of ether oxygens (including phenoxy) is 1. The number of carboxylic acid groups (broad SMARTS) is 1. The van der Waals surface area contributed by atoms with Crippen molar-refractivity contribution in [2.24, 2.45) is 0 Å². The third-order valence-electron chi connectivity index (χ3n) is 5.73. The van der Waals surface area contributed by atoms with E-state index in [1.54, 1.807) is 14.1 Å². The molecule has 0 aromatic heterocycles. The van der Waals surface area contributed by atoms with Gasteiger partial charge in [0, 0.05) is 45.6 Å². The molecule has 2 aromatic carbocycles. The number of carboxylic acids is 1. The second-order valence-electron chi connectivity index (χ2n) is 8.07. The van der Waals surface area contributed by atoms with E-state index in [1.165, 1.54) is 17.0 Å². The summed E-state index contributed by atoms with van der Waals surface area (Å²) in [5.74, 6) is -1.43. The molecule has 0 unspecified atom stereocenters. The number of rotatable bonds is 4. The van der Waals surface area contributed by atoms with Crippen molar-refractivity contribution in [3.05, 3.63) is 65.2 Å². The zero-order valence-electron chi connectivity index (χ0n) is 17.0. The molecule has 0 saturated carbocycles. The van der Waals surface area contributed by atoms with Crippen molar-refractivity contribution in [3.8, 4) is 5.75 Å². The van der Waals surface area contributed by atoms with Gasteiger partial charge >= 0.3 is 5.97 Å². The summed E-state index contributed by atoms with van der Waals surface area (Å²) in [5.41, 5.74) is 1.26. The van der Waals surface area contributed by atoms with Crippen molar-refractivity contribution < 1.29 is 23.4 Å². The molecule has 2 aliphatic heterocycles. The molecule has 1 saturated heterocycles. The number of nitrogens with zero attached hydrogens (tertiary/aromatic N) is 2. The molecule has 1 N–H and O–H groups in total. The maximum atomic E-state index is 14.7. The Morgan fingerprint density at radius 3 is 2.40 bits per heavy atom. The lowest BCUT2D eigenvalue weighted by Crippen LogP contribution is -2.49. The number of aliphatic carboxylic acids is 1. The number of fused-ring (bicyclic) bond motifs is 1. The van der Waals surface area contributed by atoms with Crippen LogP contribution in [0.25, 0.3) is 5.57 Å². The van der Waals surface area contributed by atoms with Crippen LogP contribution in [0, 0.1) is 11.6 Å². The van der Waals surface area contributed by atoms with Crippen LogP contribution in [0.15, 0.2) is 42.5 Å². The fourth-order valence-corrected chi connectivity index (χ4v) is 4.28. The zero-order chi connectivity index (χ0) is 21.5. The first-order valence-electron chi connectivity index (χ1n) is 9.90. The summed E-state index contributed by atoms with van der Waals surface area (Å²) in [6.45, 7) is 1.13. The molecule has 7 heteroatoms. The summed E-state index contributed by atoms with van der Waals surface area (Å²) in [4.78, 5) is 14.3. The number of para-hydroxylation sites is 1. The van der Waals surface area contributed by atoms with Gasteiger partial charge in [0.15, 0.2) is 0 Å². The standard InChI is InChI=1S/C23H24F2N2O3/c1-26(2)22-18(24)11-15(12-19(22)25)17-13-23(30-20-6-4-3-5-16(17)20)7-9-27(10-8-23)14-21(28)29/h3-6,11-13H,7-10,14H2,1-2H3,(H,28,29). The molecule has 2 heterocycles. The van der Waals surface area contributed by atoms with Crippen LogP contribution >= 0.6 is 0 Å². The minimum Gasteiger partial charge on any atom is -0.482 e. The fourth-order valence-electron chi connectivity index (χ4n) is 4.28. The minimum absolute atomic E-state index is 0.00828. The Morgan fingerprint density at radius 1 is 1.17 bits per heavy atom. The summed E-state index contributed by atoms with van der Waals surface area (Å²) in [6.07, 6.45) is 3.15. The first-order chi connectivity index (χ1) is 14.3. The normalized spacial score (nSPS) is 17.8. The Labute approximate surface area is 174 Å². The largest absolute Gasteiger partial charge is 0.482 e. The monoisotopic (exact) mass is 414 g/mol. The van der Waals surface area contributed by atoms with Crippen LogP contribution in [-0.4, -0.2) is 55.3 Å². The van der Waals surface area contributed by atoms with Crippen LogP contribution in [0.5, 0.6) is 5.75 Å². The van der Waals surface area contributed by atoms with E-state index < -0.39 is 23.2 Å². The number of benzene rings is 2. The van der Waals surface area contributed by atoms with Gasteiger partial charge in [-0.25, -0.2) is 8.78 Å². The lowest BCUT2D eigenvalue weighted by molar-refractivity contribution is -0.139. The van der Waals surface area contributed by atoms with Gasteiger partial charge in [-0.3, -0.25) is 9.69 Å². The third-order valence-corrected chi connectivity index (χ3v) is 5.73. The number of piperidine rings is 1. The lowest BCUT2D eigenvalue weighted by Gasteiger charge is -2.42. The Kier molecular flexibility index (Phi) is 5.24. The second kappa shape index (κ2) is 7.72.